The minimum absolute atomic E-state index is 0.0915. The molecule has 7 nitrogen and oxygen atoms in total. The maximum absolute atomic E-state index is 12.3. The van der Waals surface area contributed by atoms with Crippen molar-refractivity contribution in [3.8, 4) is 0 Å². The van der Waals surface area contributed by atoms with Gasteiger partial charge in [-0.3, -0.25) is 4.79 Å². The van der Waals surface area contributed by atoms with Crippen LogP contribution in [-0.2, 0) is 4.79 Å². The van der Waals surface area contributed by atoms with Gasteiger partial charge in [0.2, 0.25) is 11.8 Å². The van der Waals surface area contributed by atoms with E-state index in [2.05, 4.69) is 20.1 Å². The molecule has 3 heterocycles. The Morgan fingerprint density at radius 2 is 2.32 bits per heavy atom. The van der Waals surface area contributed by atoms with Crippen molar-refractivity contribution in [2.75, 3.05) is 18.8 Å². The van der Waals surface area contributed by atoms with Crippen LogP contribution in [0.5, 0.6) is 0 Å². The van der Waals surface area contributed by atoms with Crippen molar-refractivity contribution in [3.63, 3.8) is 0 Å². The number of amides is 1. The number of hydrogen-bond acceptors (Lipinski definition) is 7. The van der Waals surface area contributed by atoms with E-state index in [0.29, 0.717) is 29.2 Å². The number of carbonyl (C=O) groups is 1. The van der Waals surface area contributed by atoms with E-state index in [1.165, 1.54) is 11.8 Å². The van der Waals surface area contributed by atoms with Gasteiger partial charge in [0.1, 0.15) is 0 Å². The molecular weight excluding hydrogens is 302 g/mol. The molecule has 2 aromatic heterocycles. The molecule has 1 aliphatic heterocycles. The lowest BCUT2D eigenvalue weighted by molar-refractivity contribution is -0.127. The fourth-order valence-electron chi connectivity index (χ4n) is 2.38. The van der Waals surface area contributed by atoms with Crippen LogP contribution >= 0.6 is 11.8 Å². The van der Waals surface area contributed by atoms with E-state index in [1.54, 1.807) is 13.1 Å². The van der Waals surface area contributed by atoms with Crippen LogP contribution in [0.4, 0.5) is 0 Å². The summed E-state index contributed by atoms with van der Waals surface area (Å²) in [5, 5.41) is 4.44. The Hall–Kier alpha value is -1.96. The molecule has 1 fully saturated rings. The van der Waals surface area contributed by atoms with E-state index < -0.39 is 0 Å². The summed E-state index contributed by atoms with van der Waals surface area (Å²) in [7, 11) is 0. The first-order valence-electron chi connectivity index (χ1n) is 7.12. The largest absolute Gasteiger partial charge is 0.341 e. The smallest absolute Gasteiger partial charge is 0.233 e. The molecule has 2 aromatic rings. The van der Waals surface area contributed by atoms with E-state index >= 15 is 0 Å². The molecule has 116 valence electrons. The highest BCUT2D eigenvalue weighted by Gasteiger charge is 2.30. The van der Waals surface area contributed by atoms with Gasteiger partial charge in [-0.15, -0.1) is 0 Å². The van der Waals surface area contributed by atoms with Gasteiger partial charge in [-0.1, -0.05) is 16.9 Å². The molecule has 3 rings (SSSR count). The van der Waals surface area contributed by atoms with Crippen molar-refractivity contribution >= 4 is 17.7 Å². The summed E-state index contributed by atoms with van der Waals surface area (Å²) < 4.78 is 5.19. The Balaban J connectivity index is 1.53. The van der Waals surface area contributed by atoms with Gasteiger partial charge in [0.25, 0.3) is 0 Å². The summed E-state index contributed by atoms with van der Waals surface area (Å²) in [6.07, 6.45) is 2.57. The Morgan fingerprint density at radius 1 is 1.45 bits per heavy atom. The van der Waals surface area contributed by atoms with Crippen LogP contribution in [0.15, 0.2) is 21.9 Å². The number of likely N-dealkylation sites (tertiary alicyclic amines) is 1. The van der Waals surface area contributed by atoms with Crippen LogP contribution in [0.2, 0.25) is 0 Å². The van der Waals surface area contributed by atoms with E-state index in [9.17, 15) is 4.79 Å². The van der Waals surface area contributed by atoms with Crippen LogP contribution < -0.4 is 0 Å². The summed E-state index contributed by atoms with van der Waals surface area (Å²) in [5.74, 6) is 1.84. The van der Waals surface area contributed by atoms with Crippen molar-refractivity contribution in [2.24, 2.45) is 0 Å². The highest BCUT2D eigenvalue weighted by Crippen LogP contribution is 2.26. The average molecular weight is 319 g/mol. The Bertz CT molecular complexity index is 675. The fraction of sp³-hybridized carbons (Fsp3) is 0.500. The Kier molecular flexibility index (Phi) is 4.37. The van der Waals surface area contributed by atoms with Gasteiger partial charge in [-0.05, 0) is 26.3 Å². The third kappa shape index (κ3) is 3.44. The summed E-state index contributed by atoms with van der Waals surface area (Å²) in [6.45, 7) is 5.06. The maximum Gasteiger partial charge on any atom is 0.233 e. The first-order valence-corrected chi connectivity index (χ1v) is 8.11. The van der Waals surface area contributed by atoms with Crippen molar-refractivity contribution < 1.29 is 9.32 Å². The van der Waals surface area contributed by atoms with Gasteiger partial charge >= 0.3 is 0 Å². The third-order valence-corrected chi connectivity index (χ3v) is 4.38. The fourth-order valence-corrected chi connectivity index (χ4v) is 3.16. The van der Waals surface area contributed by atoms with Crippen molar-refractivity contribution in [1.82, 2.24) is 25.0 Å². The van der Waals surface area contributed by atoms with E-state index in [4.69, 9.17) is 4.52 Å². The maximum atomic E-state index is 12.3. The molecule has 0 N–H and O–H groups in total. The van der Waals surface area contributed by atoms with Crippen LogP contribution in [0.25, 0.3) is 0 Å². The molecule has 1 amide bonds. The summed E-state index contributed by atoms with van der Waals surface area (Å²) in [4.78, 5) is 26.8. The van der Waals surface area contributed by atoms with Gasteiger partial charge < -0.3 is 9.42 Å². The number of aryl methyl sites for hydroxylation is 2. The minimum Gasteiger partial charge on any atom is -0.341 e. The molecule has 1 atom stereocenters. The number of rotatable bonds is 4. The van der Waals surface area contributed by atoms with Crippen LogP contribution in [0.1, 0.15) is 29.7 Å². The molecule has 0 radical (unpaired) electrons. The SMILES string of the molecule is Cc1ccnc(SCC(=O)N2CCC(c3nc(C)no3)C2)n1. The van der Waals surface area contributed by atoms with E-state index in [0.717, 1.165) is 18.7 Å². The highest BCUT2D eigenvalue weighted by atomic mass is 32.2. The zero-order chi connectivity index (χ0) is 15.5. The normalized spacial score (nSPS) is 17.9. The number of aromatic nitrogens is 4. The second-order valence-electron chi connectivity index (χ2n) is 5.27. The van der Waals surface area contributed by atoms with Gasteiger partial charge in [0.05, 0.1) is 11.7 Å². The molecule has 0 saturated carbocycles. The number of hydrogen-bond donors (Lipinski definition) is 0. The molecule has 0 aromatic carbocycles. The molecule has 1 aliphatic rings. The quantitative estimate of drug-likeness (QED) is 0.625. The van der Waals surface area contributed by atoms with Crippen LogP contribution in [0, 0.1) is 13.8 Å². The molecule has 22 heavy (non-hydrogen) atoms. The third-order valence-electron chi connectivity index (χ3n) is 3.53. The zero-order valence-electron chi connectivity index (χ0n) is 12.5. The topological polar surface area (TPSA) is 85.0 Å². The molecule has 8 heteroatoms. The standard InChI is InChI=1S/C14H17N5O2S/c1-9-3-5-15-14(16-9)22-8-12(20)19-6-4-11(7-19)13-17-10(2)18-21-13/h3,5,11H,4,6-8H2,1-2H3. The summed E-state index contributed by atoms with van der Waals surface area (Å²) in [5.41, 5.74) is 0.901. The van der Waals surface area contributed by atoms with E-state index in [-0.39, 0.29) is 11.8 Å². The van der Waals surface area contributed by atoms with Gasteiger partial charge in [-0.25, -0.2) is 9.97 Å². The predicted molar refractivity (Wildman–Crippen MR) is 80.5 cm³/mol. The monoisotopic (exact) mass is 319 g/mol. The zero-order valence-corrected chi connectivity index (χ0v) is 13.3. The molecule has 0 spiro atoms. The van der Waals surface area contributed by atoms with Crippen molar-refractivity contribution in [3.05, 3.63) is 29.7 Å². The lowest BCUT2D eigenvalue weighted by Gasteiger charge is -2.15. The van der Waals surface area contributed by atoms with E-state index in [1.807, 2.05) is 17.9 Å². The molecule has 0 aliphatic carbocycles. The summed E-state index contributed by atoms with van der Waals surface area (Å²) >= 11 is 1.37. The Morgan fingerprint density at radius 3 is 3.05 bits per heavy atom. The lowest BCUT2D eigenvalue weighted by Crippen LogP contribution is -2.30. The molecule has 0 bridgehead atoms. The second-order valence-corrected chi connectivity index (χ2v) is 6.22. The highest BCUT2D eigenvalue weighted by molar-refractivity contribution is 7.99. The summed E-state index contributed by atoms with van der Waals surface area (Å²) in [6, 6.07) is 1.84. The molecule has 1 saturated heterocycles. The van der Waals surface area contributed by atoms with Gasteiger partial charge in [-0.2, -0.15) is 4.98 Å². The Labute approximate surface area is 132 Å². The first kappa shape index (κ1) is 15.0. The number of carbonyl (C=O) groups excluding carboxylic acids is 1. The average Bonchev–Trinajstić information content (AvgIpc) is 3.13. The lowest BCUT2D eigenvalue weighted by atomic mass is 10.1. The van der Waals surface area contributed by atoms with Crippen molar-refractivity contribution in [1.29, 1.82) is 0 Å². The van der Waals surface area contributed by atoms with Crippen LogP contribution in [0.3, 0.4) is 0 Å². The number of thioether (sulfide) groups is 1. The van der Waals surface area contributed by atoms with Gasteiger partial charge in [0.15, 0.2) is 11.0 Å². The van der Waals surface area contributed by atoms with Gasteiger partial charge in [0, 0.05) is 25.0 Å². The molecular formula is C14H17N5O2S. The number of nitrogens with zero attached hydrogens (tertiary/aromatic N) is 5. The minimum atomic E-state index is 0.0915. The predicted octanol–water partition coefficient (Wildman–Crippen LogP) is 1.58. The second kappa shape index (κ2) is 6.43. The molecule has 1 unspecified atom stereocenters. The first-order chi connectivity index (χ1) is 10.6. The van der Waals surface area contributed by atoms with Crippen molar-refractivity contribution in [2.45, 2.75) is 31.3 Å². The van der Waals surface area contributed by atoms with Crippen LogP contribution in [-0.4, -0.2) is 49.8 Å².